The van der Waals surface area contributed by atoms with E-state index in [2.05, 4.69) is 30.7 Å². The van der Waals surface area contributed by atoms with Crippen LogP contribution in [0, 0.1) is 0 Å². The van der Waals surface area contributed by atoms with E-state index < -0.39 is 50.3 Å². The number of methoxy groups -OCH3 is 1. The Morgan fingerprint density at radius 3 is 2.67 bits per heavy atom. The summed E-state index contributed by atoms with van der Waals surface area (Å²) in [5.74, 6) is -3.00. The van der Waals surface area contributed by atoms with Crippen molar-refractivity contribution in [3.05, 3.63) is 47.2 Å². The molecule has 1 unspecified atom stereocenters. The number of nitrogens with one attached hydrogen (secondary N) is 3. The van der Waals surface area contributed by atoms with Crippen LogP contribution in [0.4, 0.5) is 0 Å². The summed E-state index contributed by atoms with van der Waals surface area (Å²) in [5.41, 5.74) is -1.58. The maximum atomic E-state index is 13.4. The lowest BCUT2D eigenvalue weighted by atomic mass is 9.96. The monoisotopic (exact) mass is 599 g/mol. The van der Waals surface area contributed by atoms with Crippen molar-refractivity contribution in [2.24, 2.45) is 0 Å². The number of thioether (sulfide) groups is 2. The van der Waals surface area contributed by atoms with E-state index in [0.29, 0.717) is 11.1 Å². The van der Waals surface area contributed by atoms with Gasteiger partial charge in [0.1, 0.15) is 11.1 Å². The molecule has 1 saturated heterocycles. The van der Waals surface area contributed by atoms with Gasteiger partial charge in [0, 0.05) is 24.7 Å². The lowest BCUT2D eigenvalue weighted by Gasteiger charge is -2.56. The average Bonchev–Trinajstić information content (AvgIpc) is 3.42. The zero-order valence-electron chi connectivity index (χ0n) is 20.6. The number of hydrogen-bond acceptors (Lipinski definition) is 12. The molecule has 39 heavy (non-hydrogen) atoms. The van der Waals surface area contributed by atoms with Crippen LogP contribution in [0.15, 0.2) is 46.8 Å². The van der Waals surface area contributed by atoms with Crippen molar-refractivity contribution >= 4 is 51.3 Å². The van der Waals surface area contributed by atoms with Crippen LogP contribution >= 0.6 is 23.5 Å². The second-order valence-corrected chi connectivity index (χ2v) is 12.6. The van der Waals surface area contributed by atoms with Crippen LogP contribution in [0.5, 0.6) is 0 Å². The number of H-pyrrole nitrogens is 1. The quantitative estimate of drug-likeness (QED) is 0.113. The summed E-state index contributed by atoms with van der Waals surface area (Å²) in [4.78, 5) is 39.8. The number of β-lactam (4-membered cyclic amide) rings is 1. The molecule has 0 bridgehead atoms. The molecule has 1 aromatic heterocycles. The van der Waals surface area contributed by atoms with Gasteiger partial charge >= 0.3 is 5.97 Å². The second kappa shape index (κ2) is 11.6. The Labute approximate surface area is 231 Å². The molecule has 15 nitrogen and oxygen atoms in total. The van der Waals surface area contributed by atoms with Gasteiger partial charge in [-0.05, 0) is 22.8 Å². The van der Waals surface area contributed by atoms with Gasteiger partial charge in [-0.1, -0.05) is 42.1 Å². The molecule has 0 spiro atoms. The standard InChI is InChI=1S/C21H25N7O8S3/c1-36-21(23-16(30)15(29)11-6-4-3-5-7-11)18(33)28-14(17(31)32)12(10-37-19(21)28)13(8-9-22-39(2,34)35)38-20-24-26-27-25-20/h3-7,13,15,19,22,29H,8-10H2,1-2H3,(H,23,30)(H,31,32)(H,24,25,26,27)/t13?,15-,19-,21+/m1/s1. The maximum absolute atomic E-state index is 13.4. The van der Waals surface area contributed by atoms with Crippen molar-refractivity contribution in [1.82, 2.24) is 35.6 Å². The van der Waals surface area contributed by atoms with Crippen molar-refractivity contribution in [2.45, 2.75) is 34.0 Å². The van der Waals surface area contributed by atoms with Crippen LogP contribution in [0.25, 0.3) is 0 Å². The van der Waals surface area contributed by atoms with Gasteiger partial charge in [-0.2, -0.15) is 5.21 Å². The third-order valence-electron chi connectivity index (χ3n) is 5.99. The molecule has 18 heteroatoms. The normalized spacial score (nSPS) is 22.6. The highest BCUT2D eigenvalue weighted by Gasteiger charge is 2.67. The molecule has 2 amide bonds. The number of sulfonamides is 1. The zero-order valence-corrected chi connectivity index (χ0v) is 23.0. The van der Waals surface area contributed by atoms with Gasteiger partial charge in [0.05, 0.1) is 6.26 Å². The molecular weight excluding hydrogens is 574 g/mol. The minimum absolute atomic E-state index is 0.0117. The topological polar surface area (TPSA) is 217 Å². The van der Waals surface area contributed by atoms with Gasteiger partial charge in [-0.3, -0.25) is 14.5 Å². The predicted molar refractivity (Wildman–Crippen MR) is 138 cm³/mol. The van der Waals surface area contributed by atoms with E-state index in [1.807, 2.05) is 0 Å². The van der Waals surface area contributed by atoms with Crippen LogP contribution < -0.4 is 10.0 Å². The largest absolute Gasteiger partial charge is 0.477 e. The van der Waals surface area contributed by atoms with Crippen LogP contribution in [0.2, 0.25) is 0 Å². The summed E-state index contributed by atoms with van der Waals surface area (Å²) >= 11 is 2.22. The van der Waals surface area contributed by atoms with E-state index in [1.54, 1.807) is 30.3 Å². The molecule has 5 N–H and O–H groups in total. The molecule has 1 fully saturated rings. The Hall–Kier alpha value is -3.03. The van der Waals surface area contributed by atoms with E-state index in [-0.39, 0.29) is 29.6 Å². The smallest absolute Gasteiger partial charge is 0.352 e. The van der Waals surface area contributed by atoms with Crippen LogP contribution in [0.1, 0.15) is 18.1 Å². The van der Waals surface area contributed by atoms with Crippen molar-refractivity contribution in [2.75, 3.05) is 25.7 Å². The Bertz CT molecular complexity index is 1370. The summed E-state index contributed by atoms with van der Waals surface area (Å²) in [6, 6.07) is 8.10. The molecule has 0 aliphatic carbocycles. The number of ether oxygens (including phenoxy) is 1. The highest BCUT2D eigenvalue weighted by Crippen LogP contribution is 2.49. The molecule has 210 valence electrons. The van der Waals surface area contributed by atoms with Crippen molar-refractivity contribution in [3.8, 4) is 0 Å². The number of aliphatic hydroxyl groups is 1. The number of carboxylic acids is 1. The SMILES string of the molecule is CO[C@@]1(NC(=O)[C@H](O)c2ccccc2)C(=O)N2C(C(=O)O)=C(C(CCNS(C)(=O)=O)Sc3nn[nH]n3)CS[C@@H]21. The molecule has 4 rings (SSSR count). The lowest BCUT2D eigenvalue weighted by Crippen LogP contribution is -2.81. The van der Waals surface area contributed by atoms with Crippen LogP contribution in [-0.4, -0.2) is 104 Å². The minimum Gasteiger partial charge on any atom is -0.477 e. The number of hydrogen-bond donors (Lipinski definition) is 5. The molecule has 2 aromatic rings. The number of amides is 2. The van der Waals surface area contributed by atoms with E-state index in [0.717, 1.165) is 34.7 Å². The number of nitrogens with zero attached hydrogens (tertiary/aromatic N) is 4. The number of benzene rings is 1. The van der Waals surface area contributed by atoms with Crippen LogP contribution in [0.3, 0.4) is 0 Å². The molecule has 0 radical (unpaired) electrons. The molecule has 0 saturated carbocycles. The van der Waals surface area contributed by atoms with E-state index in [9.17, 15) is 33.0 Å². The van der Waals surface area contributed by atoms with E-state index in [4.69, 9.17) is 4.74 Å². The summed E-state index contributed by atoms with van der Waals surface area (Å²) in [5, 5.41) is 35.3. The molecular formula is C21H25N7O8S3. The summed E-state index contributed by atoms with van der Waals surface area (Å²) < 4.78 is 31.0. The number of aliphatic hydroxyl groups excluding tert-OH is 1. The third-order valence-corrected chi connectivity index (χ3v) is 9.24. The number of aromatic amines is 1. The lowest BCUT2D eigenvalue weighted by molar-refractivity contribution is -0.194. The number of tetrazole rings is 1. The first-order valence-electron chi connectivity index (χ1n) is 11.3. The second-order valence-electron chi connectivity index (χ2n) is 8.52. The van der Waals surface area contributed by atoms with Gasteiger partial charge < -0.3 is 20.3 Å². The number of aliphatic carboxylic acids is 1. The fraction of sp³-hybridized carbons (Fsp3) is 0.429. The van der Waals surface area contributed by atoms with Crippen LogP contribution in [-0.2, 0) is 29.1 Å². The molecule has 2 aliphatic rings. The first-order valence-corrected chi connectivity index (χ1v) is 15.2. The Balaban J connectivity index is 1.62. The van der Waals surface area contributed by atoms with E-state index in [1.165, 1.54) is 7.11 Å². The first kappa shape index (κ1) is 29.0. The van der Waals surface area contributed by atoms with Gasteiger partial charge in [0.15, 0.2) is 6.10 Å². The molecule has 4 atom stereocenters. The van der Waals surface area contributed by atoms with Gasteiger partial charge in [-0.15, -0.1) is 22.0 Å². The highest BCUT2D eigenvalue weighted by molar-refractivity contribution is 8.01. The third kappa shape index (κ3) is 5.94. The maximum Gasteiger partial charge on any atom is 0.352 e. The Morgan fingerprint density at radius 2 is 2.08 bits per heavy atom. The van der Waals surface area contributed by atoms with Crippen molar-refractivity contribution in [1.29, 1.82) is 0 Å². The number of carboxylic acid groups (broad SMARTS) is 1. The number of fused-ring (bicyclic) bond motifs is 1. The van der Waals surface area contributed by atoms with Gasteiger partial charge in [0.25, 0.3) is 17.5 Å². The highest BCUT2D eigenvalue weighted by atomic mass is 32.2. The molecule has 2 aliphatic heterocycles. The van der Waals surface area contributed by atoms with Gasteiger partial charge in [-0.25, -0.2) is 17.9 Å². The number of carbonyl (C=O) groups excluding carboxylic acids is 2. The number of aromatic nitrogens is 4. The number of carbonyl (C=O) groups is 3. The minimum atomic E-state index is -3.51. The average molecular weight is 600 g/mol. The first-order chi connectivity index (χ1) is 18.5. The van der Waals surface area contributed by atoms with Crippen molar-refractivity contribution in [3.63, 3.8) is 0 Å². The van der Waals surface area contributed by atoms with Crippen molar-refractivity contribution < 1.29 is 37.8 Å². The summed E-state index contributed by atoms with van der Waals surface area (Å²) in [6.07, 6.45) is -0.429. The number of rotatable bonds is 12. The fourth-order valence-corrected chi connectivity index (χ4v) is 7.32. The van der Waals surface area contributed by atoms with E-state index >= 15 is 0 Å². The Morgan fingerprint density at radius 1 is 1.36 bits per heavy atom. The molecule has 3 heterocycles. The molecule has 1 aromatic carbocycles. The Kier molecular flexibility index (Phi) is 8.62. The summed E-state index contributed by atoms with van der Waals surface area (Å²) in [6.45, 7) is -0.0117. The van der Waals surface area contributed by atoms with Gasteiger partial charge in [0.2, 0.25) is 15.2 Å². The zero-order chi connectivity index (χ0) is 28.4. The fourth-order valence-electron chi connectivity index (χ4n) is 4.20. The summed E-state index contributed by atoms with van der Waals surface area (Å²) in [7, 11) is -2.30. The predicted octanol–water partition coefficient (Wildman–Crippen LogP) is -0.954.